The highest BCUT2D eigenvalue weighted by Crippen LogP contribution is 2.20. The van der Waals surface area contributed by atoms with Crippen LogP contribution in [0.3, 0.4) is 0 Å². The van der Waals surface area contributed by atoms with Crippen LogP contribution in [0.2, 0.25) is 6.04 Å². The second kappa shape index (κ2) is 8.49. The lowest BCUT2D eigenvalue weighted by molar-refractivity contribution is 0.0923. The van der Waals surface area contributed by atoms with Crippen LogP contribution in [0.15, 0.2) is 5.76 Å². The predicted octanol–water partition coefficient (Wildman–Crippen LogP) is 1.10. The number of hydrogen-bond acceptors (Lipinski definition) is 5. The van der Waals surface area contributed by atoms with Crippen molar-refractivity contribution in [3.05, 3.63) is 5.76 Å². The number of allylic oxidation sites excluding steroid dienone is 1. The summed E-state index contributed by atoms with van der Waals surface area (Å²) in [6.45, 7) is 6.81. The topological polar surface area (TPSA) is 70.8 Å². The quantitative estimate of drug-likeness (QED) is 0.375. The molecule has 0 aromatic rings. The van der Waals surface area contributed by atoms with Crippen LogP contribution >= 0.6 is 0 Å². The molecular weight excluding hydrogens is 226 g/mol. The lowest BCUT2D eigenvalue weighted by Gasteiger charge is -2.28. The van der Waals surface area contributed by atoms with E-state index in [4.69, 9.17) is 19.0 Å². The van der Waals surface area contributed by atoms with Crippen LogP contribution in [0.4, 0.5) is 0 Å². The second-order valence-corrected chi connectivity index (χ2v) is 5.85. The van der Waals surface area contributed by atoms with E-state index in [9.17, 15) is 4.79 Å². The van der Waals surface area contributed by atoms with Crippen LogP contribution in [0.25, 0.3) is 0 Å². The van der Waals surface area contributed by atoms with E-state index in [2.05, 4.69) is 0 Å². The third-order valence-electron chi connectivity index (χ3n) is 1.87. The molecular formula is C10H21NO4Si. The molecule has 0 unspecified atom stereocenters. The molecule has 2 N–H and O–H groups in total. The number of hydrogen-bond donors (Lipinski definition) is 1. The fourth-order valence-corrected chi connectivity index (χ4v) is 3.93. The summed E-state index contributed by atoms with van der Waals surface area (Å²) in [4.78, 5) is 10.5. The van der Waals surface area contributed by atoms with Crippen molar-refractivity contribution in [3.63, 3.8) is 0 Å². The van der Waals surface area contributed by atoms with Crippen LogP contribution in [0.5, 0.6) is 0 Å². The Hall–Kier alpha value is -0.653. The summed E-state index contributed by atoms with van der Waals surface area (Å²) in [5.74, 6) is 1.87. The first-order chi connectivity index (χ1) is 7.64. The van der Waals surface area contributed by atoms with Crippen molar-refractivity contribution in [1.82, 2.24) is 0 Å². The molecule has 0 atom stereocenters. The minimum atomic E-state index is -2.78. The number of nitrogens with two attached hydrogens (primary N) is 1. The number of carbonyl (C=O) groups excluding carboxylic acids is 1. The average molecular weight is 247 g/mol. The maximum absolute atomic E-state index is 10.5. The van der Waals surface area contributed by atoms with Gasteiger partial charge in [-0.3, -0.25) is 0 Å². The van der Waals surface area contributed by atoms with Gasteiger partial charge in [-0.2, -0.15) is 0 Å². The minimum Gasteiger partial charge on any atom is -0.495 e. The van der Waals surface area contributed by atoms with E-state index in [-0.39, 0.29) is 5.76 Å². The summed E-state index contributed by atoms with van der Waals surface area (Å²) in [6.07, 6.45) is 0.748. The Kier molecular flexibility index (Phi) is 8.15. The molecule has 94 valence electrons. The molecule has 0 aliphatic rings. The first kappa shape index (κ1) is 15.3. The van der Waals surface area contributed by atoms with Gasteiger partial charge in [-0.1, -0.05) is 0 Å². The van der Waals surface area contributed by atoms with Crippen molar-refractivity contribution < 1.29 is 18.1 Å². The second-order valence-electron chi connectivity index (χ2n) is 3.20. The largest absolute Gasteiger partial charge is 0.566 e. The Morgan fingerprint density at radius 1 is 1.31 bits per heavy atom. The molecule has 0 radical (unpaired) electrons. The first-order valence-electron chi connectivity index (χ1n) is 5.52. The van der Waals surface area contributed by atoms with Crippen LogP contribution in [-0.4, -0.2) is 34.5 Å². The van der Waals surface area contributed by atoms with Crippen molar-refractivity contribution >= 4 is 14.7 Å². The van der Waals surface area contributed by atoms with Gasteiger partial charge in [0.15, 0.2) is 11.7 Å². The van der Waals surface area contributed by atoms with Gasteiger partial charge in [0.2, 0.25) is 0 Å². The van der Waals surface area contributed by atoms with E-state index in [1.54, 1.807) is 12.9 Å². The van der Waals surface area contributed by atoms with Crippen molar-refractivity contribution in [2.45, 2.75) is 33.2 Å². The summed E-state index contributed by atoms with van der Waals surface area (Å²) in [5.41, 5.74) is 5.46. The smallest absolute Gasteiger partial charge is 0.495 e. The maximum atomic E-state index is 10.5. The zero-order valence-electron chi connectivity index (χ0n) is 10.2. The molecule has 0 aromatic carbocycles. The Labute approximate surface area is 97.9 Å². The molecule has 0 amide bonds. The van der Waals surface area contributed by atoms with Gasteiger partial charge < -0.3 is 19.0 Å². The summed E-state index contributed by atoms with van der Waals surface area (Å²) >= 11 is 0. The van der Waals surface area contributed by atoms with E-state index < -0.39 is 8.80 Å². The van der Waals surface area contributed by atoms with Crippen LogP contribution < -0.4 is 5.73 Å². The van der Waals surface area contributed by atoms with Gasteiger partial charge in [-0.05, 0) is 26.8 Å². The maximum Gasteiger partial charge on any atom is 0.566 e. The van der Waals surface area contributed by atoms with Gasteiger partial charge in [0.05, 0.1) is 0 Å². The Morgan fingerprint density at radius 2 is 1.88 bits per heavy atom. The molecule has 0 aliphatic carbocycles. The molecule has 0 aliphatic heterocycles. The van der Waals surface area contributed by atoms with Gasteiger partial charge >= 0.3 is 8.80 Å². The molecule has 0 fully saturated rings. The minimum absolute atomic E-state index is 0.172. The third kappa shape index (κ3) is 5.44. The van der Waals surface area contributed by atoms with Gasteiger partial charge in [0.1, 0.15) is 0 Å². The normalized spacial score (nSPS) is 11.0. The van der Waals surface area contributed by atoms with Gasteiger partial charge in [-0.15, -0.1) is 0 Å². The highest BCUT2D eigenvalue weighted by atomic mass is 28.4. The standard InChI is InChI=1S/C10H21NO4Si/c1-4-13-16(14-5-2,8-6-7-11)15-10(3)9-12/h4-8,11H2,1-3H3. The third-order valence-corrected chi connectivity index (χ3v) is 4.91. The average Bonchev–Trinajstić information content (AvgIpc) is 2.27. The summed E-state index contributed by atoms with van der Waals surface area (Å²) in [6, 6.07) is 0.615. The van der Waals surface area contributed by atoms with Crippen molar-refractivity contribution in [2.24, 2.45) is 5.73 Å². The molecule has 0 saturated carbocycles. The highest BCUT2D eigenvalue weighted by Gasteiger charge is 2.42. The summed E-state index contributed by atoms with van der Waals surface area (Å²) in [7, 11) is -2.78. The van der Waals surface area contributed by atoms with Crippen molar-refractivity contribution in [1.29, 1.82) is 0 Å². The predicted molar refractivity (Wildman–Crippen MR) is 63.4 cm³/mol. The molecule has 0 rings (SSSR count). The van der Waals surface area contributed by atoms with Crippen LogP contribution in [0, 0.1) is 0 Å². The number of rotatable bonds is 9. The molecule has 16 heavy (non-hydrogen) atoms. The first-order valence-corrected chi connectivity index (χ1v) is 7.46. The molecule has 0 heterocycles. The fraction of sp³-hybridized carbons (Fsp3) is 0.800. The lowest BCUT2D eigenvalue weighted by atomic mass is 10.5. The van der Waals surface area contributed by atoms with Gasteiger partial charge in [0.25, 0.3) is 0 Å². The summed E-state index contributed by atoms with van der Waals surface area (Å²) in [5, 5.41) is 0. The summed E-state index contributed by atoms with van der Waals surface area (Å²) < 4.78 is 16.7. The lowest BCUT2D eigenvalue weighted by Crippen LogP contribution is -2.45. The highest BCUT2D eigenvalue weighted by molar-refractivity contribution is 6.61. The van der Waals surface area contributed by atoms with Crippen molar-refractivity contribution in [2.75, 3.05) is 19.8 Å². The van der Waals surface area contributed by atoms with Crippen LogP contribution in [-0.2, 0) is 18.1 Å². The zero-order chi connectivity index (χ0) is 12.4. The van der Waals surface area contributed by atoms with E-state index in [1.165, 1.54) is 0 Å². The monoisotopic (exact) mass is 247 g/mol. The molecule has 0 aromatic heterocycles. The zero-order valence-corrected chi connectivity index (χ0v) is 11.2. The van der Waals surface area contributed by atoms with Gasteiger partial charge in [-0.25, -0.2) is 4.79 Å². The molecule has 6 heteroatoms. The Bertz CT molecular complexity index is 235. The molecule has 0 spiro atoms. The van der Waals surface area contributed by atoms with E-state index in [1.807, 2.05) is 13.8 Å². The molecule has 0 saturated heterocycles. The Balaban J connectivity index is 4.68. The SMILES string of the molecule is CCO[Si](CCCN)(OCC)OC(C)=C=O. The van der Waals surface area contributed by atoms with Crippen LogP contribution in [0.1, 0.15) is 27.2 Å². The molecule has 5 nitrogen and oxygen atoms in total. The van der Waals surface area contributed by atoms with Gasteiger partial charge in [0, 0.05) is 26.2 Å². The molecule has 0 bridgehead atoms. The Morgan fingerprint density at radius 3 is 2.25 bits per heavy atom. The van der Waals surface area contributed by atoms with E-state index in [0.717, 1.165) is 6.42 Å². The van der Waals surface area contributed by atoms with Crippen molar-refractivity contribution in [3.8, 4) is 0 Å². The van der Waals surface area contributed by atoms with E-state index in [0.29, 0.717) is 25.8 Å². The fourth-order valence-electron chi connectivity index (χ4n) is 1.31. The van der Waals surface area contributed by atoms with E-state index >= 15 is 0 Å².